The molecule has 0 fully saturated rings. The molecule has 0 unspecified atom stereocenters. The van der Waals surface area contributed by atoms with Crippen molar-refractivity contribution in [2.45, 2.75) is 0 Å². The number of nitro groups is 1. The predicted octanol–water partition coefficient (Wildman–Crippen LogP) is 3.73. The van der Waals surface area contributed by atoms with Gasteiger partial charge in [-0.2, -0.15) is 0 Å². The van der Waals surface area contributed by atoms with Crippen LogP contribution in [-0.4, -0.2) is 10.0 Å². The maximum Gasteiger partial charge on any atom is 0.269 e. The molecule has 0 saturated carbocycles. The van der Waals surface area contributed by atoms with E-state index in [4.69, 9.17) is 0 Å². The van der Waals surface area contributed by atoms with E-state index in [0.717, 1.165) is 10.0 Å². The average molecular weight is 294 g/mol. The number of phenolic OH excluding ortho intramolecular Hbond substituents is 1. The molecule has 86 valence electrons. The standard InChI is InChI=1S/C12H8BrNO3/c13-9-3-6-12(15)11(7-9)8-1-4-10(5-2-8)14(16)17/h1-7,15H. The summed E-state index contributed by atoms with van der Waals surface area (Å²) < 4.78 is 0.837. The second-order valence-corrected chi connectivity index (χ2v) is 4.38. The number of halogens is 1. The van der Waals surface area contributed by atoms with E-state index in [-0.39, 0.29) is 11.4 Å². The van der Waals surface area contributed by atoms with Gasteiger partial charge in [0.2, 0.25) is 0 Å². The molecule has 0 aliphatic rings. The number of hydrogen-bond donors (Lipinski definition) is 1. The van der Waals surface area contributed by atoms with E-state index in [1.165, 1.54) is 12.1 Å². The van der Waals surface area contributed by atoms with Gasteiger partial charge in [-0.1, -0.05) is 15.9 Å². The highest BCUT2D eigenvalue weighted by atomic mass is 79.9. The smallest absolute Gasteiger partial charge is 0.269 e. The Morgan fingerprint density at radius 2 is 1.76 bits per heavy atom. The third-order valence-corrected chi connectivity index (χ3v) is 2.84. The van der Waals surface area contributed by atoms with Gasteiger partial charge in [-0.05, 0) is 35.9 Å². The Bertz CT molecular complexity index is 566. The van der Waals surface area contributed by atoms with Gasteiger partial charge in [0.15, 0.2) is 0 Å². The van der Waals surface area contributed by atoms with E-state index < -0.39 is 4.92 Å². The van der Waals surface area contributed by atoms with Gasteiger partial charge in [0.1, 0.15) is 5.75 Å². The number of nitro benzene ring substituents is 1. The molecule has 0 amide bonds. The molecule has 1 N–H and O–H groups in total. The summed E-state index contributed by atoms with van der Waals surface area (Å²) in [5.41, 5.74) is 1.40. The Morgan fingerprint density at radius 3 is 2.35 bits per heavy atom. The Labute approximate surface area is 106 Å². The van der Waals surface area contributed by atoms with Crippen molar-refractivity contribution in [3.05, 3.63) is 57.1 Å². The molecule has 0 radical (unpaired) electrons. The lowest BCUT2D eigenvalue weighted by molar-refractivity contribution is -0.384. The molecule has 2 aromatic carbocycles. The minimum absolute atomic E-state index is 0.0308. The van der Waals surface area contributed by atoms with Crippen LogP contribution in [0.2, 0.25) is 0 Å². The van der Waals surface area contributed by atoms with Gasteiger partial charge in [0.25, 0.3) is 5.69 Å². The number of nitrogens with zero attached hydrogens (tertiary/aromatic N) is 1. The van der Waals surface area contributed by atoms with Crippen LogP contribution >= 0.6 is 15.9 Å². The van der Waals surface area contributed by atoms with E-state index in [1.807, 2.05) is 0 Å². The van der Waals surface area contributed by atoms with Crippen LogP contribution in [0.15, 0.2) is 46.9 Å². The highest BCUT2D eigenvalue weighted by Gasteiger charge is 2.08. The van der Waals surface area contributed by atoms with Gasteiger partial charge in [0, 0.05) is 22.2 Å². The van der Waals surface area contributed by atoms with Gasteiger partial charge in [-0.3, -0.25) is 10.1 Å². The molecule has 0 bridgehead atoms. The van der Waals surface area contributed by atoms with E-state index in [2.05, 4.69) is 15.9 Å². The van der Waals surface area contributed by atoms with Gasteiger partial charge < -0.3 is 5.11 Å². The Balaban J connectivity index is 2.46. The minimum Gasteiger partial charge on any atom is -0.507 e. The van der Waals surface area contributed by atoms with Crippen molar-refractivity contribution in [1.29, 1.82) is 0 Å². The Morgan fingerprint density at radius 1 is 1.12 bits per heavy atom. The number of phenols is 1. The normalized spacial score (nSPS) is 10.2. The number of hydrogen-bond acceptors (Lipinski definition) is 3. The first-order valence-electron chi connectivity index (χ1n) is 4.81. The summed E-state index contributed by atoms with van der Waals surface area (Å²) in [6, 6.07) is 11.1. The highest BCUT2D eigenvalue weighted by molar-refractivity contribution is 9.10. The Kier molecular flexibility index (Phi) is 3.10. The van der Waals surface area contributed by atoms with Crippen molar-refractivity contribution in [3.8, 4) is 16.9 Å². The molecule has 5 heteroatoms. The summed E-state index contributed by atoms with van der Waals surface area (Å²) in [6.07, 6.45) is 0. The van der Waals surface area contributed by atoms with Crippen molar-refractivity contribution < 1.29 is 10.0 Å². The molecule has 0 heterocycles. The van der Waals surface area contributed by atoms with Crippen molar-refractivity contribution >= 4 is 21.6 Å². The SMILES string of the molecule is O=[N+]([O-])c1ccc(-c2cc(Br)ccc2O)cc1. The van der Waals surface area contributed by atoms with Gasteiger partial charge in [-0.15, -0.1) is 0 Å². The molecule has 0 aliphatic heterocycles. The number of rotatable bonds is 2. The van der Waals surface area contributed by atoms with E-state index in [0.29, 0.717) is 5.56 Å². The lowest BCUT2D eigenvalue weighted by Crippen LogP contribution is -1.87. The quantitative estimate of drug-likeness (QED) is 0.678. The fraction of sp³-hybridized carbons (Fsp3) is 0. The van der Waals surface area contributed by atoms with Crippen LogP contribution in [0, 0.1) is 10.1 Å². The summed E-state index contributed by atoms with van der Waals surface area (Å²) >= 11 is 3.31. The van der Waals surface area contributed by atoms with Crippen LogP contribution in [0.5, 0.6) is 5.75 Å². The van der Waals surface area contributed by atoms with E-state index >= 15 is 0 Å². The van der Waals surface area contributed by atoms with Crippen molar-refractivity contribution in [2.24, 2.45) is 0 Å². The van der Waals surface area contributed by atoms with Crippen molar-refractivity contribution in [3.63, 3.8) is 0 Å². The maximum absolute atomic E-state index is 10.5. The van der Waals surface area contributed by atoms with Gasteiger partial charge >= 0.3 is 0 Å². The Hall–Kier alpha value is -1.88. The minimum atomic E-state index is -0.454. The van der Waals surface area contributed by atoms with E-state index in [1.54, 1.807) is 30.3 Å². The predicted molar refractivity (Wildman–Crippen MR) is 67.9 cm³/mol. The number of benzene rings is 2. The zero-order valence-corrected chi connectivity index (χ0v) is 10.2. The zero-order chi connectivity index (χ0) is 12.4. The third-order valence-electron chi connectivity index (χ3n) is 2.35. The number of aromatic hydroxyl groups is 1. The van der Waals surface area contributed by atoms with Crippen LogP contribution in [0.25, 0.3) is 11.1 Å². The second kappa shape index (κ2) is 4.55. The molecule has 17 heavy (non-hydrogen) atoms. The largest absolute Gasteiger partial charge is 0.507 e. The van der Waals surface area contributed by atoms with Gasteiger partial charge in [-0.25, -0.2) is 0 Å². The first-order chi connectivity index (χ1) is 8.08. The lowest BCUT2D eigenvalue weighted by Gasteiger charge is -2.05. The highest BCUT2D eigenvalue weighted by Crippen LogP contribution is 2.32. The van der Waals surface area contributed by atoms with Crippen molar-refractivity contribution in [1.82, 2.24) is 0 Å². The summed E-state index contributed by atoms with van der Waals surface area (Å²) in [5.74, 6) is 0.141. The fourth-order valence-corrected chi connectivity index (χ4v) is 1.86. The second-order valence-electron chi connectivity index (χ2n) is 3.47. The first-order valence-corrected chi connectivity index (χ1v) is 5.60. The molecule has 0 spiro atoms. The molecule has 4 nitrogen and oxygen atoms in total. The molecule has 0 aromatic heterocycles. The summed E-state index contributed by atoms with van der Waals surface area (Å²) in [4.78, 5) is 10.1. The van der Waals surface area contributed by atoms with Crippen LogP contribution in [0.1, 0.15) is 0 Å². The fourth-order valence-electron chi connectivity index (χ4n) is 1.50. The van der Waals surface area contributed by atoms with E-state index in [9.17, 15) is 15.2 Å². The lowest BCUT2D eigenvalue weighted by atomic mass is 10.0. The summed E-state index contributed by atoms with van der Waals surface area (Å²) in [6.45, 7) is 0. The molecule has 0 aliphatic carbocycles. The molecular weight excluding hydrogens is 286 g/mol. The average Bonchev–Trinajstić information content (AvgIpc) is 2.32. The number of non-ortho nitro benzene ring substituents is 1. The third kappa shape index (κ3) is 2.45. The molecule has 2 aromatic rings. The molecular formula is C12H8BrNO3. The van der Waals surface area contributed by atoms with Crippen LogP contribution in [0.4, 0.5) is 5.69 Å². The van der Waals surface area contributed by atoms with Gasteiger partial charge in [0.05, 0.1) is 4.92 Å². The topological polar surface area (TPSA) is 63.4 Å². The summed E-state index contributed by atoms with van der Waals surface area (Å²) in [5, 5.41) is 20.2. The van der Waals surface area contributed by atoms with Crippen LogP contribution < -0.4 is 0 Å². The zero-order valence-electron chi connectivity index (χ0n) is 8.63. The van der Waals surface area contributed by atoms with Crippen molar-refractivity contribution in [2.75, 3.05) is 0 Å². The van der Waals surface area contributed by atoms with Crippen LogP contribution in [-0.2, 0) is 0 Å². The monoisotopic (exact) mass is 293 g/mol. The maximum atomic E-state index is 10.5. The van der Waals surface area contributed by atoms with Crippen LogP contribution in [0.3, 0.4) is 0 Å². The molecule has 0 atom stereocenters. The first kappa shape index (κ1) is 11.6. The molecule has 0 saturated heterocycles. The molecule has 2 rings (SSSR count). The summed E-state index contributed by atoms with van der Waals surface area (Å²) in [7, 11) is 0.